The molecule has 2 nitrogen and oxygen atoms in total. The lowest BCUT2D eigenvalue weighted by molar-refractivity contribution is 0.162. The van der Waals surface area contributed by atoms with E-state index in [0.29, 0.717) is 12.0 Å². The minimum Gasteiger partial charge on any atom is -0.297 e. The zero-order chi connectivity index (χ0) is 20.1. The monoisotopic (exact) mass is 416 g/mol. The fraction of sp³-hybridized carbons (Fsp3) is 0.458. The number of nitrogens with zero attached hydrogens (tertiary/aromatic N) is 2. The van der Waals surface area contributed by atoms with Crippen molar-refractivity contribution in [3.63, 3.8) is 0 Å². The molecule has 1 aliphatic rings. The van der Waals surface area contributed by atoms with Gasteiger partial charge in [0.2, 0.25) is 0 Å². The Morgan fingerprint density at radius 2 is 1.75 bits per heavy atom. The predicted octanol–water partition coefficient (Wildman–Crippen LogP) is 6.79. The minimum atomic E-state index is -0.427. The molecule has 1 aromatic heterocycles. The van der Waals surface area contributed by atoms with Crippen LogP contribution in [-0.4, -0.2) is 29.0 Å². The summed E-state index contributed by atoms with van der Waals surface area (Å²) in [4.78, 5) is 6.32. The standard InChI is InChI=1S/C24H30Cl2N2/c1-18(2)16-23(17-24(3,26)21-4-6-22(25)7-5-21)28-14-10-20(11-15-28)19-8-12-27-13-9-19/h4-9,12-13,16,20,23H,10-11,14-15,17H2,1-3H3. The Kier molecular flexibility index (Phi) is 7.20. The number of rotatable bonds is 6. The van der Waals surface area contributed by atoms with Crippen LogP contribution < -0.4 is 0 Å². The van der Waals surface area contributed by atoms with Gasteiger partial charge in [-0.2, -0.15) is 0 Å². The Bertz CT molecular complexity index is 772. The van der Waals surface area contributed by atoms with E-state index in [-0.39, 0.29) is 0 Å². The van der Waals surface area contributed by atoms with E-state index >= 15 is 0 Å². The highest BCUT2D eigenvalue weighted by atomic mass is 35.5. The molecular weight excluding hydrogens is 387 g/mol. The third kappa shape index (κ3) is 5.59. The van der Waals surface area contributed by atoms with E-state index in [2.05, 4.69) is 48.9 Å². The summed E-state index contributed by atoms with van der Waals surface area (Å²) < 4.78 is 0. The molecule has 0 spiro atoms. The molecule has 2 atom stereocenters. The minimum absolute atomic E-state index is 0.335. The quantitative estimate of drug-likeness (QED) is 0.380. The zero-order valence-electron chi connectivity index (χ0n) is 17.0. The van der Waals surface area contributed by atoms with Gasteiger partial charge in [-0.25, -0.2) is 0 Å². The number of aromatic nitrogens is 1. The molecule has 0 amide bonds. The number of halogens is 2. The van der Waals surface area contributed by atoms with Crippen LogP contribution in [0.5, 0.6) is 0 Å². The summed E-state index contributed by atoms with van der Waals surface area (Å²) in [6.07, 6.45) is 9.41. The van der Waals surface area contributed by atoms with Gasteiger partial charge >= 0.3 is 0 Å². The van der Waals surface area contributed by atoms with Gasteiger partial charge in [0.05, 0.1) is 4.87 Å². The zero-order valence-corrected chi connectivity index (χ0v) is 18.5. The molecule has 0 bridgehead atoms. The van der Waals surface area contributed by atoms with Crippen molar-refractivity contribution >= 4 is 23.2 Å². The molecule has 0 saturated carbocycles. The van der Waals surface area contributed by atoms with Gasteiger partial charge in [-0.05, 0) is 94.4 Å². The molecular formula is C24H30Cl2N2. The number of hydrogen-bond donors (Lipinski definition) is 0. The van der Waals surface area contributed by atoms with E-state index in [4.69, 9.17) is 23.2 Å². The average Bonchev–Trinajstić information content (AvgIpc) is 2.68. The molecule has 4 heteroatoms. The van der Waals surface area contributed by atoms with Crippen LogP contribution in [-0.2, 0) is 4.87 Å². The molecule has 2 heterocycles. The van der Waals surface area contributed by atoms with Crippen LogP contribution in [0.1, 0.15) is 57.1 Å². The van der Waals surface area contributed by atoms with Crippen LogP contribution >= 0.6 is 23.2 Å². The fourth-order valence-electron chi connectivity index (χ4n) is 4.19. The fourth-order valence-corrected chi connectivity index (χ4v) is 4.60. The van der Waals surface area contributed by atoms with Gasteiger partial charge in [-0.3, -0.25) is 9.88 Å². The maximum absolute atomic E-state index is 7.03. The molecule has 1 aliphatic heterocycles. The van der Waals surface area contributed by atoms with Crippen molar-refractivity contribution in [1.29, 1.82) is 0 Å². The normalized spacial score (nSPS) is 19.0. The third-order valence-corrected chi connectivity index (χ3v) is 6.36. The van der Waals surface area contributed by atoms with Gasteiger partial charge < -0.3 is 0 Å². The van der Waals surface area contributed by atoms with E-state index in [1.54, 1.807) is 0 Å². The molecule has 1 fully saturated rings. The summed E-state index contributed by atoms with van der Waals surface area (Å²) in [6, 6.07) is 12.6. The van der Waals surface area contributed by atoms with E-state index in [1.807, 2.05) is 36.7 Å². The molecule has 1 aromatic carbocycles. The molecule has 0 aliphatic carbocycles. The van der Waals surface area contributed by atoms with Gasteiger partial charge in [-0.1, -0.05) is 35.4 Å². The average molecular weight is 417 g/mol. The molecule has 1 saturated heterocycles. The molecule has 0 N–H and O–H groups in total. The van der Waals surface area contributed by atoms with Crippen molar-refractivity contribution in [3.05, 3.63) is 76.6 Å². The Balaban J connectivity index is 1.70. The topological polar surface area (TPSA) is 16.1 Å². The van der Waals surface area contributed by atoms with Gasteiger partial charge in [-0.15, -0.1) is 11.6 Å². The van der Waals surface area contributed by atoms with Crippen molar-refractivity contribution in [2.24, 2.45) is 0 Å². The largest absolute Gasteiger partial charge is 0.297 e. The SMILES string of the molecule is CC(C)=CC(CC(C)(Cl)c1ccc(Cl)cc1)N1CCC(c2ccncc2)CC1. The van der Waals surface area contributed by atoms with E-state index in [0.717, 1.165) is 30.1 Å². The van der Waals surface area contributed by atoms with E-state index in [9.17, 15) is 0 Å². The van der Waals surface area contributed by atoms with Crippen LogP contribution in [0, 0.1) is 0 Å². The van der Waals surface area contributed by atoms with Gasteiger partial charge in [0.25, 0.3) is 0 Å². The second-order valence-electron chi connectivity index (χ2n) is 8.31. The molecule has 150 valence electrons. The highest BCUT2D eigenvalue weighted by Gasteiger charge is 2.32. The lowest BCUT2D eigenvalue weighted by atomic mass is 9.87. The van der Waals surface area contributed by atoms with Crippen LogP contribution in [0.25, 0.3) is 0 Å². The molecule has 28 heavy (non-hydrogen) atoms. The number of likely N-dealkylation sites (tertiary alicyclic amines) is 1. The Hall–Kier alpha value is -1.35. The second kappa shape index (κ2) is 9.43. The number of allylic oxidation sites excluding steroid dienone is 1. The van der Waals surface area contributed by atoms with Crippen LogP contribution in [0.15, 0.2) is 60.4 Å². The number of piperidine rings is 1. The van der Waals surface area contributed by atoms with Crippen molar-refractivity contribution in [1.82, 2.24) is 9.88 Å². The van der Waals surface area contributed by atoms with E-state index < -0.39 is 4.87 Å². The first-order valence-corrected chi connectivity index (χ1v) is 10.8. The Labute approximate surface area is 179 Å². The van der Waals surface area contributed by atoms with Gasteiger partial charge in [0, 0.05) is 23.5 Å². The lowest BCUT2D eigenvalue weighted by Gasteiger charge is -2.39. The van der Waals surface area contributed by atoms with Gasteiger partial charge in [0.15, 0.2) is 0 Å². The summed E-state index contributed by atoms with van der Waals surface area (Å²) in [7, 11) is 0. The summed E-state index contributed by atoms with van der Waals surface area (Å²) in [6.45, 7) is 8.65. The highest BCUT2D eigenvalue weighted by molar-refractivity contribution is 6.30. The maximum Gasteiger partial charge on any atom is 0.0684 e. The van der Waals surface area contributed by atoms with Crippen molar-refractivity contribution in [2.75, 3.05) is 13.1 Å². The predicted molar refractivity (Wildman–Crippen MR) is 120 cm³/mol. The summed E-state index contributed by atoms with van der Waals surface area (Å²) in [5, 5.41) is 0.746. The summed E-state index contributed by atoms with van der Waals surface area (Å²) >= 11 is 13.1. The summed E-state index contributed by atoms with van der Waals surface area (Å²) in [5.41, 5.74) is 3.87. The Morgan fingerprint density at radius 1 is 1.14 bits per heavy atom. The Morgan fingerprint density at radius 3 is 2.32 bits per heavy atom. The number of alkyl halides is 1. The highest BCUT2D eigenvalue weighted by Crippen LogP contribution is 2.37. The number of benzene rings is 1. The van der Waals surface area contributed by atoms with Crippen LogP contribution in [0.4, 0.5) is 0 Å². The lowest BCUT2D eigenvalue weighted by Crippen LogP contribution is -2.42. The molecule has 2 aromatic rings. The molecule has 3 rings (SSSR count). The molecule has 0 radical (unpaired) electrons. The third-order valence-electron chi connectivity index (χ3n) is 5.74. The van der Waals surface area contributed by atoms with Gasteiger partial charge in [0.1, 0.15) is 0 Å². The smallest absolute Gasteiger partial charge is 0.0684 e. The second-order valence-corrected chi connectivity index (χ2v) is 9.58. The number of hydrogen-bond acceptors (Lipinski definition) is 2. The first-order valence-electron chi connectivity index (χ1n) is 10.1. The van der Waals surface area contributed by atoms with Crippen molar-refractivity contribution in [3.8, 4) is 0 Å². The molecule has 2 unspecified atom stereocenters. The first-order chi connectivity index (χ1) is 13.3. The summed E-state index contributed by atoms with van der Waals surface area (Å²) in [5.74, 6) is 0.630. The van der Waals surface area contributed by atoms with Crippen molar-refractivity contribution < 1.29 is 0 Å². The van der Waals surface area contributed by atoms with Crippen LogP contribution in [0.3, 0.4) is 0 Å². The first kappa shape index (κ1) is 21.4. The number of pyridine rings is 1. The maximum atomic E-state index is 7.03. The van der Waals surface area contributed by atoms with Crippen LogP contribution in [0.2, 0.25) is 5.02 Å². The van der Waals surface area contributed by atoms with E-state index in [1.165, 1.54) is 24.0 Å². The van der Waals surface area contributed by atoms with Crippen molar-refractivity contribution in [2.45, 2.75) is 56.9 Å².